The quantitative estimate of drug-likeness (QED) is 0.885. The number of rotatable bonds is 3. The zero-order valence-corrected chi connectivity index (χ0v) is 10.7. The Bertz CT molecular complexity index is 555. The van der Waals surface area contributed by atoms with E-state index in [-0.39, 0.29) is 17.2 Å². The summed E-state index contributed by atoms with van der Waals surface area (Å²) in [5, 5.41) is 3.03. The van der Waals surface area contributed by atoms with Crippen LogP contribution in [-0.4, -0.2) is 22.1 Å². The first-order valence-corrected chi connectivity index (χ1v) is 5.55. The third-order valence-corrected chi connectivity index (χ3v) is 2.40. The highest BCUT2D eigenvalue weighted by molar-refractivity contribution is 6.28. The predicted octanol–water partition coefficient (Wildman–Crippen LogP) is 2.17. The van der Waals surface area contributed by atoms with E-state index in [2.05, 4.69) is 20.3 Å². The first-order valence-electron chi connectivity index (χ1n) is 5.17. The number of aromatic nitrogens is 3. The van der Waals surface area contributed by atoms with Crippen LogP contribution in [0, 0.1) is 6.92 Å². The molecule has 1 aromatic heterocycles. The third-order valence-electron chi connectivity index (χ3n) is 2.23. The third kappa shape index (κ3) is 2.78. The van der Waals surface area contributed by atoms with E-state index in [4.69, 9.17) is 22.1 Å². The molecule has 0 atom stereocenters. The van der Waals surface area contributed by atoms with Crippen molar-refractivity contribution in [1.82, 2.24) is 15.0 Å². The molecule has 18 heavy (non-hydrogen) atoms. The van der Waals surface area contributed by atoms with E-state index in [1.807, 2.05) is 25.1 Å². The molecule has 0 fully saturated rings. The number of nitrogen functional groups attached to an aromatic ring is 1. The summed E-state index contributed by atoms with van der Waals surface area (Å²) in [5.41, 5.74) is 7.31. The molecule has 0 aliphatic rings. The van der Waals surface area contributed by atoms with Gasteiger partial charge in [0, 0.05) is 0 Å². The van der Waals surface area contributed by atoms with Crippen LogP contribution in [0.2, 0.25) is 5.28 Å². The minimum atomic E-state index is 0.0385. The molecule has 0 spiro atoms. The van der Waals surface area contributed by atoms with Crippen molar-refractivity contribution in [2.45, 2.75) is 6.92 Å². The van der Waals surface area contributed by atoms with E-state index >= 15 is 0 Å². The molecule has 6 nitrogen and oxygen atoms in total. The van der Waals surface area contributed by atoms with Gasteiger partial charge in [-0.3, -0.25) is 0 Å². The van der Waals surface area contributed by atoms with Crippen molar-refractivity contribution in [3.63, 3.8) is 0 Å². The lowest BCUT2D eigenvalue weighted by Crippen LogP contribution is -2.04. The Morgan fingerprint density at radius 3 is 2.72 bits per heavy atom. The standard InChI is InChI=1S/C11H12ClN5O/c1-6-3-4-8(18-2)7(5-6)14-11-16-9(12)15-10(13)17-11/h3-5H,1-2H3,(H3,13,14,15,16,17). The molecule has 3 N–H and O–H groups in total. The number of hydrogen-bond donors (Lipinski definition) is 2. The molecule has 0 aliphatic carbocycles. The molecular weight excluding hydrogens is 254 g/mol. The Morgan fingerprint density at radius 2 is 2.06 bits per heavy atom. The van der Waals surface area contributed by atoms with Crippen LogP contribution in [0.15, 0.2) is 18.2 Å². The van der Waals surface area contributed by atoms with Gasteiger partial charge in [-0.1, -0.05) is 6.07 Å². The van der Waals surface area contributed by atoms with Crippen LogP contribution in [-0.2, 0) is 0 Å². The Hall–Kier alpha value is -2.08. The maximum absolute atomic E-state index is 5.71. The number of hydrogen-bond acceptors (Lipinski definition) is 6. The average Bonchev–Trinajstić information content (AvgIpc) is 2.27. The molecular formula is C11H12ClN5O. The minimum absolute atomic E-state index is 0.0385. The molecule has 0 bridgehead atoms. The number of nitrogens with two attached hydrogens (primary N) is 1. The van der Waals surface area contributed by atoms with Gasteiger partial charge >= 0.3 is 0 Å². The molecule has 0 unspecified atom stereocenters. The molecule has 2 rings (SSSR count). The fraction of sp³-hybridized carbons (Fsp3) is 0.182. The smallest absolute Gasteiger partial charge is 0.233 e. The van der Waals surface area contributed by atoms with Gasteiger partial charge in [0.1, 0.15) is 5.75 Å². The normalized spacial score (nSPS) is 10.2. The summed E-state index contributed by atoms with van der Waals surface area (Å²) in [6, 6.07) is 5.70. The SMILES string of the molecule is COc1ccc(C)cc1Nc1nc(N)nc(Cl)n1. The highest BCUT2D eigenvalue weighted by Crippen LogP contribution is 2.27. The van der Waals surface area contributed by atoms with Gasteiger partial charge in [-0.05, 0) is 36.2 Å². The van der Waals surface area contributed by atoms with Crippen LogP contribution in [0.5, 0.6) is 5.75 Å². The molecule has 0 saturated carbocycles. The van der Waals surface area contributed by atoms with Crippen LogP contribution in [0.1, 0.15) is 5.56 Å². The monoisotopic (exact) mass is 265 g/mol. The van der Waals surface area contributed by atoms with Crippen molar-refractivity contribution < 1.29 is 4.74 Å². The number of ether oxygens (including phenoxy) is 1. The van der Waals surface area contributed by atoms with Crippen molar-refractivity contribution in [2.75, 3.05) is 18.2 Å². The summed E-state index contributed by atoms with van der Waals surface area (Å²) < 4.78 is 5.24. The van der Waals surface area contributed by atoms with Crippen LogP contribution in [0.25, 0.3) is 0 Å². The largest absolute Gasteiger partial charge is 0.495 e. The summed E-state index contributed by atoms with van der Waals surface area (Å²) in [7, 11) is 1.59. The number of methoxy groups -OCH3 is 1. The summed E-state index contributed by atoms with van der Waals surface area (Å²) in [6.07, 6.45) is 0. The number of halogens is 1. The van der Waals surface area contributed by atoms with E-state index < -0.39 is 0 Å². The number of nitrogens with zero attached hydrogens (tertiary/aromatic N) is 3. The predicted molar refractivity (Wildman–Crippen MR) is 70.3 cm³/mol. The summed E-state index contributed by atoms with van der Waals surface area (Å²) in [6.45, 7) is 1.97. The zero-order chi connectivity index (χ0) is 13.1. The van der Waals surface area contributed by atoms with Gasteiger partial charge in [-0.2, -0.15) is 15.0 Å². The van der Waals surface area contributed by atoms with Crippen LogP contribution in [0.3, 0.4) is 0 Å². The van der Waals surface area contributed by atoms with E-state index in [9.17, 15) is 0 Å². The highest BCUT2D eigenvalue weighted by Gasteiger charge is 2.07. The molecule has 2 aromatic rings. The molecule has 0 amide bonds. The van der Waals surface area contributed by atoms with Crippen LogP contribution in [0.4, 0.5) is 17.6 Å². The highest BCUT2D eigenvalue weighted by atomic mass is 35.5. The van der Waals surface area contributed by atoms with Gasteiger partial charge < -0.3 is 15.8 Å². The first-order chi connectivity index (χ1) is 8.58. The lowest BCUT2D eigenvalue weighted by Gasteiger charge is -2.10. The van der Waals surface area contributed by atoms with Crippen molar-refractivity contribution in [3.05, 3.63) is 29.0 Å². The van der Waals surface area contributed by atoms with Crippen molar-refractivity contribution in [2.24, 2.45) is 0 Å². The number of benzene rings is 1. The summed E-state index contributed by atoms with van der Waals surface area (Å²) >= 11 is 5.71. The number of anilines is 3. The first kappa shape index (κ1) is 12.4. The fourth-order valence-electron chi connectivity index (χ4n) is 1.46. The molecule has 1 aromatic carbocycles. The summed E-state index contributed by atoms with van der Waals surface area (Å²) in [5.74, 6) is 1.01. The lowest BCUT2D eigenvalue weighted by molar-refractivity contribution is 0.416. The molecule has 1 heterocycles. The van der Waals surface area contributed by atoms with E-state index in [0.717, 1.165) is 11.3 Å². The van der Waals surface area contributed by atoms with Crippen molar-refractivity contribution >= 4 is 29.2 Å². The van der Waals surface area contributed by atoms with E-state index in [1.165, 1.54) is 0 Å². The Balaban J connectivity index is 2.35. The number of nitrogens with one attached hydrogen (secondary N) is 1. The van der Waals surface area contributed by atoms with Gasteiger partial charge in [0.05, 0.1) is 12.8 Å². The van der Waals surface area contributed by atoms with Crippen molar-refractivity contribution in [3.8, 4) is 5.75 Å². The fourth-order valence-corrected chi connectivity index (χ4v) is 1.63. The maximum Gasteiger partial charge on any atom is 0.233 e. The van der Waals surface area contributed by atoms with Gasteiger partial charge in [-0.15, -0.1) is 0 Å². The second-order valence-corrected chi connectivity index (χ2v) is 3.95. The molecule has 94 valence electrons. The van der Waals surface area contributed by atoms with E-state index in [1.54, 1.807) is 7.11 Å². The molecule has 0 aliphatic heterocycles. The molecule has 0 radical (unpaired) electrons. The van der Waals surface area contributed by atoms with Crippen LogP contribution < -0.4 is 15.8 Å². The van der Waals surface area contributed by atoms with Gasteiger partial charge in [0.15, 0.2) is 0 Å². The van der Waals surface area contributed by atoms with Gasteiger partial charge in [-0.25, -0.2) is 0 Å². The molecule has 0 saturated heterocycles. The van der Waals surface area contributed by atoms with E-state index in [0.29, 0.717) is 5.75 Å². The topological polar surface area (TPSA) is 86.0 Å². The Labute approximate surface area is 109 Å². The average molecular weight is 266 g/mol. The van der Waals surface area contributed by atoms with Gasteiger partial charge in [0.2, 0.25) is 17.2 Å². The van der Waals surface area contributed by atoms with Crippen molar-refractivity contribution in [1.29, 1.82) is 0 Å². The summed E-state index contributed by atoms with van der Waals surface area (Å²) in [4.78, 5) is 11.6. The second kappa shape index (κ2) is 5.05. The maximum atomic E-state index is 5.71. The van der Waals surface area contributed by atoms with Crippen LogP contribution >= 0.6 is 11.6 Å². The minimum Gasteiger partial charge on any atom is -0.495 e. The second-order valence-electron chi connectivity index (χ2n) is 3.61. The Morgan fingerprint density at radius 1 is 1.28 bits per heavy atom. The molecule has 7 heteroatoms. The van der Waals surface area contributed by atoms with Gasteiger partial charge in [0.25, 0.3) is 0 Å². The number of aryl methyl sites for hydroxylation is 1. The lowest BCUT2D eigenvalue weighted by atomic mass is 10.2. The zero-order valence-electron chi connectivity index (χ0n) is 9.94. The Kier molecular flexibility index (Phi) is 3.47.